The predicted molar refractivity (Wildman–Crippen MR) is 88.2 cm³/mol. The smallest absolute Gasteiger partial charge is 0.159 e. The molecule has 0 heterocycles. The number of rotatable bonds is 7. The molecular weight excluding hydrogens is 292 g/mol. The zero-order valence-corrected chi connectivity index (χ0v) is 13.2. The first-order valence-corrected chi connectivity index (χ1v) is 7.16. The maximum absolute atomic E-state index is 11.2. The van der Waals surface area contributed by atoms with Gasteiger partial charge in [0.1, 0.15) is 23.9 Å². The second-order valence-corrected chi connectivity index (χ2v) is 5.09. The fraction of sp³-hybridized carbons (Fsp3) is 0.158. The molecule has 0 saturated heterocycles. The lowest BCUT2D eigenvalue weighted by atomic mass is 10.1. The molecule has 0 bridgehead atoms. The van der Waals surface area contributed by atoms with E-state index in [1.807, 2.05) is 0 Å². The molecule has 0 radical (unpaired) electrons. The van der Waals surface area contributed by atoms with Crippen LogP contribution in [0.4, 0.5) is 0 Å². The summed E-state index contributed by atoms with van der Waals surface area (Å²) in [5, 5.41) is 0. The number of carbonyl (C=O) groups excluding carboxylic acids is 2. The van der Waals surface area contributed by atoms with Crippen molar-refractivity contribution < 1.29 is 19.1 Å². The van der Waals surface area contributed by atoms with E-state index in [2.05, 4.69) is 6.58 Å². The first-order chi connectivity index (χ1) is 11.0. The van der Waals surface area contributed by atoms with Crippen LogP contribution in [0.3, 0.4) is 0 Å². The number of Topliss-reactive ketones (excluding diaryl/α,β-unsaturated/α-hetero) is 2. The Morgan fingerprint density at radius 3 is 1.70 bits per heavy atom. The second-order valence-electron chi connectivity index (χ2n) is 5.09. The van der Waals surface area contributed by atoms with Gasteiger partial charge in [-0.25, -0.2) is 0 Å². The van der Waals surface area contributed by atoms with Crippen molar-refractivity contribution in [2.75, 3.05) is 6.61 Å². The molecule has 0 amide bonds. The van der Waals surface area contributed by atoms with Gasteiger partial charge in [0, 0.05) is 11.1 Å². The first kappa shape index (κ1) is 16.5. The lowest BCUT2D eigenvalue weighted by molar-refractivity contribution is 0.100. The molecular formula is C19H18O4. The molecule has 0 aromatic heterocycles. The summed E-state index contributed by atoms with van der Waals surface area (Å²) in [4.78, 5) is 22.4. The van der Waals surface area contributed by atoms with Crippen LogP contribution in [-0.4, -0.2) is 18.2 Å². The lowest BCUT2D eigenvalue weighted by Crippen LogP contribution is -2.06. The summed E-state index contributed by atoms with van der Waals surface area (Å²) in [5.74, 6) is 1.68. The number of carbonyl (C=O) groups is 2. The molecule has 0 atom stereocenters. The summed E-state index contributed by atoms with van der Waals surface area (Å²) < 4.78 is 11.1. The third-order valence-electron chi connectivity index (χ3n) is 3.18. The fourth-order valence-electron chi connectivity index (χ4n) is 1.90. The Morgan fingerprint density at radius 1 is 0.826 bits per heavy atom. The highest BCUT2D eigenvalue weighted by Gasteiger charge is 2.04. The molecule has 0 aliphatic heterocycles. The molecule has 0 fully saturated rings. The van der Waals surface area contributed by atoms with Gasteiger partial charge in [-0.15, -0.1) is 0 Å². The highest BCUT2D eigenvalue weighted by atomic mass is 16.5. The average Bonchev–Trinajstić information content (AvgIpc) is 2.54. The van der Waals surface area contributed by atoms with E-state index in [-0.39, 0.29) is 18.2 Å². The van der Waals surface area contributed by atoms with Gasteiger partial charge in [-0.2, -0.15) is 0 Å². The molecule has 0 N–H and O–H groups in total. The molecule has 4 heteroatoms. The van der Waals surface area contributed by atoms with E-state index in [1.54, 1.807) is 48.5 Å². The second kappa shape index (κ2) is 7.40. The van der Waals surface area contributed by atoms with Crippen molar-refractivity contribution in [2.45, 2.75) is 13.8 Å². The fourth-order valence-corrected chi connectivity index (χ4v) is 1.90. The predicted octanol–water partition coefficient (Wildman–Crippen LogP) is 4.06. The highest BCUT2D eigenvalue weighted by Crippen LogP contribution is 2.17. The minimum absolute atomic E-state index is 0.00715. The SMILES string of the molecule is C=C(COc1ccc(C(C)=O)cc1)Oc1ccc(C(C)=O)cc1. The number of ketones is 2. The number of benzene rings is 2. The van der Waals surface area contributed by atoms with Gasteiger partial charge >= 0.3 is 0 Å². The van der Waals surface area contributed by atoms with Crippen molar-refractivity contribution in [2.24, 2.45) is 0 Å². The van der Waals surface area contributed by atoms with E-state index < -0.39 is 0 Å². The van der Waals surface area contributed by atoms with Crippen LogP contribution in [0.1, 0.15) is 34.6 Å². The molecule has 0 spiro atoms. The Labute approximate surface area is 135 Å². The van der Waals surface area contributed by atoms with Crippen molar-refractivity contribution in [1.82, 2.24) is 0 Å². The molecule has 23 heavy (non-hydrogen) atoms. The quantitative estimate of drug-likeness (QED) is 0.571. The van der Waals surface area contributed by atoms with Crippen LogP contribution in [0.25, 0.3) is 0 Å². The molecule has 4 nitrogen and oxygen atoms in total. The van der Waals surface area contributed by atoms with Crippen LogP contribution < -0.4 is 9.47 Å². The monoisotopic (exact) mass is 310 g/mol. The van der Waals surface area contributed by atoms with E-state index in [4.69, 9.17) is 9.47 Å². The van der Waals surface area contributed by atoms with E-state index in [0.717, 1.165) is 0 Å². The topological polar surface area (TPSA) is 52.6 Å². The Morgan fingerprint density at radius 2 is 1.26 bits per heavy atom. The van der Waals surface area contributed by atoms with Crippen LogP contribution >= 0.6 is 0 Å². The number of hydrogen-bond donors (Lipinski definition) is 0. The summed E-state index contributed by atoms with van der Waals surface area (Å²) in [5.41, 5.74) is 1.27. The van der Waals surface area contributed by atoms with Crippen molar-refractivity contribution in [3.8, 4) is 11.5 Å². The first-order valence-electron chi connectivity index (χ1n) is 7.16. The minimum atomic E-state index is 0.00715. The van der Waals surface area contributed by atoms with Gasteiger partial charge in [0.15, 0.2) is 11.6 Å². The normalized spacial score (nSPS) is 10.0. The Balaban J connectivity index is 1.87. The third kappa shape index (κ3) is 4.81. The Hall–Kier alpha value is -2.88. The third-order valence-corrected chi connectivity index (χ3v) is 3.18. The molecule has 2 aromatic carbocycles. The lowest BCUT2D eigenvalue weighted by Gasteiger charge is -2.11. The Kier molecular flexibility index (Phi) is 5.31. The maximum atomic E-state index is 11.2. The van der Waals surface area contributed by atoms with E-state index in [1.165, 1.54) is 13.8 Å². The molecule has 0 unspecified atom stereocenters. The van der Waals surface area contributed by atoms with E-state index in [0.29, 0.717) is 28.4 Å². The number of hydrogen-bond acceptors (Lipinski definition) is 4. The molecule has 0 aliphatic rings. The summed E-state index contributed by atoms with van der Waals surface area (Å²) in [7, 11) is 0. The average molecular weight is 310 g/mol. The van der Waals surface area contributed by atoms with Crippen molar-refractivity contribution >= 4 is 11.6 Å². The van der Waals surface area contributed by atoms with Gasteiger partial charge < -0.3 is 9.47 Å². The molecule has 0 aliphatic carbocycles. The van der Waals surface area contributed by atoms with E-state index in [9.17, 15) is 9.59 Å². The zero-order valence-electron chi connectivity index (χ0n) is 13.2. The molecule has 2 aromatic rings. The number of ether oxygens (including phenoxy) is 2. The largest absolute Gasteiger partial charge is 0.486 e. The molecule has 118 valence electrons. The van der Waals surface area contributed by atoms with Crippen LogP contribution in [0, 0.1) is 0 Å². The van der Waals surface area contributed by atoms with Crippen LogP contribution in [0.15, 0.2) is 60.9 Å². The van der Waals surface area contributed by atoms with Gasteiger partial charge in [-0.1, -0.05) is 6.58 Å². The highest BCUT2D eigenvalue weighted by molar-refractivity contribution is 5.94. The van der Waals surface area contributed by atoms with Crippen LogP contribution in [0.2, 0.25) is 0 Å². The van der Waals surface area contributed by atoms with Crippen LogP contribution in [-0.2, 0) is 0 Å². The summed E-state index contributed by atoms with van der Waals surface area (Å²) in [6.45, 7) is 7.02. The standard InChI is InChI=1S/C19H18O4/c1-13(23-19-10-6-17(7-11-19)15(3)21)12-22-18-8-4-16(5-9-18)14(2)20/h4-11H,1,12H2,2-3H3. The summed E-state index contributed by atoms with van der Waals surface area (Å²) >= 11 is 0. The van der Waals surface area contributed by atoms with Crippen molar-refractivity contribution in [1.29, 1.82) is 0 Å². The maximum Gasteiger partial charge on any atom is 0.159 e. The van der Waals surface area contributed by atoms with Gasteiger partial charge in [0.2, 0.25) is 0 Å². The molecule has 2 rings (SSSR count). The zero-order chi connectivity index (χ0) is 16.8. The van der Waals surface area contributed by atoms with Gasteiger partial charge in [-0.3, -0.25) is 9.59 Å². The van der Waals surface area contributed by atoms with Crippen molar-refractivity contribution in [3.05, 3.63) is 72.0 Å². The van der Waals surface area contributed by atoms with Crippen molar-refractivity contribution in [3.63, 3.8) is 0 Å². The summed E-state index contributed by atoms with van der Waals surface area (Å²) in [6, 6.07) is 13.7. The minimum Gasteiger partial charge on any atom is -0.486 e. The van der Waals surface area contributed by atoms with E-state index >= 15 is 0 Å². The van der Waals surface area contributed by atoms with Gasteiger partial charge in [-0.05, 0) is 62.4 Å². The van der Waals surface area contributed by atoms with Gasteiger partial charge in [0.05, 0.1) is 0 Å². The summed E-state index contributed by atoms with van der Waals surface area (Å²) in [6.07, 6.45) is 0. The Bertz CT molecular complexity index is 712. The van der Waals surface area contributed by atoms with Crippen LogP contribution in [0.5, 0.6) is 11.5 Å². The van der Waals surface area contributed by atoms with Gasteiger partial charge in [0.25, 0.3) is 0 Å². The molecule has 0 saturated carbocycles.